The van der Waals surface area contributed by atoms with Gasteiger partial charge in [0.25, 0.3) is 11.1 Å². The van der Waals surface area contributed by atoms with Crippen molar-refractivity contribution in [1.82, 2.24) is 14.6 Å². The number of aromatic nitrogens is 3. The summed E-state index contributed by atoms with van der Waals surface area (Å²) in [7, 11) is 1.59. The van der Waals surface area contributed by atoms with Crippen LogP contribution < -0.4 is 25.1 Å². The maximum atomic E-state index is 13.0. The quantitative estimate of drug-likeness (QED) is 0.385. The van der Waals surface area contributed by atoms with E-state index in [0.717, 1.165) is 41.1 Å². The standard InChI is InChI=1S/C24H23N3O4S/c1-3-4-13-31-20-8-6-5-7-17(20)15-21-23(29)27-24(32-21)25-22(28)19(26-27)14-16-9-11-18(30-2)12-10-16/h5-12,15H,3-4,13-14H2,1-2H3/b21-15+. The summed E-state index contributed by atoms with van der Waals surface area (Å²) in [4.78, 5) is 29.9. The molecule has 0 aliphatic rings. The van der Waals surface area contributed by atoms with E-state index >= 15 is 0 Å². The van der Waals surface area contributed by atoms with Crippen LogP contribution in [0.4, 0.5) is 0 Å². The third kappa shape index (κ3) is 4.70. The van der Waals surface area contributed by atoms with Gasteiger partial charge in [-0.15, -0.1) is 0 Å². The molecule has 0 saturated heterocycles. The van der Waals surface area contributed by atoms with Crippen LogP contribution >= 0.6 is 11.3 Å². The minimum Gasteiger partial charge on any atom is -0.497 e. The lowest BCUT2D eigenvalue weighted by atomic mass is 10.1. The number of benzene rings is 2. The predicted octanol–water partition coefficient (Wildman–Crippen LogP) is 2.84. The topological polar surface area (TPSA) is 82.8 Å². The van der Waals surface area contributed by atoms with Crippen molar-refractivity contribution in [1.29, 1.82) is 0 Å². The Kier molecular flexibility index (Phi) is 6.61. The SMILES string of the molecule is CCCCOc1ccccc1/C=c1/sc2nc(=O)c(Cc3ccc(OC)cc3)nn2c1=O. The summed E-state index contributed by atoms with van der Waals surface area (Å²) >= 11 is 1.14. The largest absolute Gasteiger partial charge is 0.497 e. The Morgan fingerprint density at radius 2 is 1.88 bits per heavy atom. The van der Waals surface area contributed by atoms with Crippen LogP contribution in [0.25, 0.3) is 11.0 Å². The summed E-state index contributed by atoms with van der Waals surface area (Å²) in [6.07, 6.45) is 4.04. The molecule has 0 radical (unpaired) electrons. The average Bonchev–Trinajstić information content (AvgIpc) is 3.10. The molecule has 0 bridgehead atoms. The lowest BCUT2D eigenvalue weighted by Gasteiger charge is -2.07. The van der Waals surface area contributed by atoms with Gasteiger partial charge in [-0.3, -0.25) is 9.59 Å². The number of hydrogen-bond donors (Lipinski definition) is 0. The molecule has 4 aromatic rings. The number of hydrogen-bond acceptors (Lipinski definition) is 7. The molecular formula is C24H23N3O4S. The molecular weight excluding hydrogens is 426 g/mol. The Morgan fingerprint density at radius 1 is 1.09 bits per heavy atom. The molecule has 0 unspecified atom stereocenters. The molecule has 164 valence electrons. The zero-order chi connectivity index (χ0) is 22.5. The summed E-state index contributed by atoms with van der Waals surface area (Å²) in [5.74, 6) is 1.44. The Labute approximate surface area is 188 Å². The maximum absolute atomic E-state index is 13.0. The van der Waals surface area contributed by atoms with Gasteiger partial charge in [-0.1, -0.05) is 55.0 Å². The van der Waals surface area contributed by atoms with Crippen LogP contribution in [0.15, 0.2) is 58.1 Å². The van der Waals surface area contributed by atoms with Gasteiger partial charge in [0.15, 0.2) is 0 Å². The highest BCUT2D eigenvalue weighted by Gasteiger charge is 2.12. The van der Waals surface area contributed by atoms with Gasteiger partial charge in [-0.25, -0.2) is 0 Å². The van der Waals surface area contributed by atoms with E-state index in [9.17, 15) is 9.59 Å². The smallest absolute Gasteiger partial charge is 0.296 e. The van der Waals surface area contributed by atoms with Gasteiger partial charge in [-0.05, 0) is 36.3 Å². The molecule has 2 aromatic carbocycles. The summed E-state index contributed by atoms with van der Waals surface area (Å²) in [5, 5.41) is 4.31. The fourth-order valence-corrected chi connectivity index (χ4v) is 4.08. The Hall–Kier alpha value is -3.52. The van der Waals surface area contributed by atoms with Gasteiger partial charge in [0.2, 0.25) is 4.96 Å². The number of unbranched alkanes of at least 4 members (excludes halogenated alkanes) is 1. The number of ether oxygens (including phenoxy) is 2. The van der Waals surface area contributed by atoms with Crippen LogP contribution in [0.5, 0.6) is 11.5 Å². The highest BCUT2D eigenvalue weighted by molar-refractivity contribution is 7.15. The van der Waals surface area contributed by atoms with Gasteiger partial charge >= 0.3 is 0 Å². The summed E-state index contributed by atoms with van der Waals surface area (Å²) < 4.78 is 12.7. The number of methoxy groups -OCH3 is 1. The van der Waals surface area contributed by atoms with E-state index in [4.69, 9.17) is 9.47 Å². The highest BCUT2D eigenvalue weighted by atomic mass is 32.1. The normalized spacial score (nSPS) is 11.8. The van der Waals surface area contributed by atoms with Gasteiger partial charge in [0.1, 0.15) is 17.2 Å². The number of para-hydroxylation sites is 1. The summed E-state index contributed by atoms with van der Waals surface area (Å²) in [6, 6.07) is 14.9. The van der Waals surface area contributed by atoms with Crippen molar-refractivity contribution in [3.05, 3.63) is 90.6 Å². The third-order valence-corrected chi connectivity index (χ3v) is 5.90. The van der Waals surface area contributed by atoms with E-state index < -0.39 is 5.56 Å². The molecule has 0 saturated carbocycles. The summed E-state index contributed by atoms with van der Waals surface area (Å²) in [6.45, 7) is 2.72. The van der Waals surface area contributed by atoms with Crippen LogP contribution in [-0.2, 0) is 6.42 Å². The lowest BCUT2D eigenvalue weighted by Crippen LogP contribution is -2.28. The molecule has 4 rings (SSSR count). The molecule has 0 aliphatic heterocycles. The van der Waals surface area contributed by atoms with Gasteiger partial charge in [0.05, 0.1) is 18.2 Å². The van der Waals surface area contributed by atoms with Crippen LogP contribution in [0.1, 0.15) is 36.6 Å². The maximum Gasteiger partial charge on any atom is 0.296 e. The highest BCUT2D eigenvalue weighted by Crippen LogP contribution is 2.19. The van der Waals surface area contributed by atoms with Crippen molar-refractivity contribution in [3.8, 4) is 11.5 Å². The Balaban J connectivity index is 1.70. The predicted molar refractivity (Wildman–Crippen MR) is 125 cm³/mol. The van der Waals surface area contributed by atoms with Crippen molar-refractivity contribution < 1.29 is 9.47 Å². The number of rotatable bonds is 8. The Morgan fingerprint density at radius 3 is 2.62 bits per heavy atom. The van der Waals surface area contributed by atoms with E-state index in [-0.39, 0.29) is 22.6 Å². The fourth-order valence-electron chi connectivity index (χ4n) is 3.19. The molecule has 0 N–H and O–H groups in total. The molecule has 2 aromatic heterocycles. The number of thiazole rings is 1. The average molecular weight is 450 g/mol. The van der Waals surface area contributed by atoms with E-state index in [1.165, 1.54) is 4.52 Å². The summed E-state index contributed by atoms with van der Waals surface area (Å²) in [5.41, 5.74) is 1.16. The fraction of sp³-hybridized carbons (Fsp3) is 0.250. The van der Waals surface area contributed by atoms with Crippen molar-refractivity contribution in [2.24, 2.45) is 0 Å². The van der Waals surface area contributed by atoms with E-state index in [1.807, 2.05) is 48.5 Å². The first-order valence-corrected chi connectivity index (χ1v) is 11.2. The van der Waals surface area contributed by atoms with E-state index in [2.05, 4.69) is 17.0 Å². The Bertz CT molecular complexity index is 1390. The van der Waals surface area contributed by atoms with Gasteiger partial charge in [0, 0.05) is 12.0 Å². The minimum atomic E-state index is -0.433. The molecule has 0 fully saturated rings. The molecule has 0 aliphatic carbocycles. The molecule has 0 amide bonds. The molecule has 7 nitrogen and oxygen atoms in total. The van der Waals surface area contributed by atoms with Crippen molar-refractivity contribution in [2.45, 2.75) is 26.2 Å². The van der Waals surface area contributed by atoms with Crippen LogP contribution in [-0.4, -0.2) is 28.3 Å². The van der Waals surface area contributed by atoms with Gasteiger partial charge < -0.3 is 9.47 Å². The second-order valence-electron chi connectivity index (χ2n) is 7.24. The van der Waals surface area contributed by atoms with Crippen molar-refractivity contribution in [2.75, 3.05) is 13.7 Å². The zero-order valence-corrected chi connectivity index (χ0v) is 18.7. The van der Waals surface area contributed by atoms with Crippen LogP contribution in [0.3, 0.4) is 0 Å². The van der Waals surface area contributed by atoms with Crippen molar-refractivity contribution in [3.63, 3.8) is 0 Å². The lowest BCUT2D eigenvalue weighted by molar-refractivity contribution is 0.309. The molecule has 8 heteroatoms. The van der Waals surface area contributed by atoms with Crippen LogP contribution in [0, 0.1) is 0 Å². The van der Waals surface area contributed by atoms with Crippen molar-refractivity contribution >= 4 is 22.4 Å². The first-order valence-electron chi connectivity index (χ1n) is 10.4. The minimum absolute atomic E-state index is 0.220. The zero-order valence-electron chi connectivity index (χ0n) is 17.9. The van der Waals surface area contributed by atoms with E-state index in [1.54, 1.807) is 13.2 Å². The number of nitrogens with zero attached hydrogens (tertiary/aromatic N) is 3. The third-order valence-electron chi connectivity index (χ3n) is 4.94. The van der Waals surface area contributed by atoms with E-state index in [0.29, 0.717) is 16.9 Å². The molecule has 32 heavy (non-hydrogen) atoms. The van der Waals surface area contributed by atoms with Gasteiger partial charge in [-0.2, -0.15) is 14.6 Å². The second-order valence-corrected chi connectivity index (χ2v) is 8.25. The first-order chi connectivity index (χ1) is 15.6. The van der Waals surface area contributed by atoms with Crippen LogP contribution in [0.2, 0.25) is 0 Å². The first kappa shape index (κ1) is 21.7. The number of fused-ring (bicyclic) bond motifs is 1. The molecule has 0 atom stereocenters. The second kappa shape index (κ2) is 9.74. The molecule has 2 heterocycles. The monoisotopic (exact) mass is 449 g/mol. The molecule has 0 spiro atoms.